The minimum atomic E-state index is -0.0456. The van der Waals surface area contributed by atoms with Crippen LogP contribution in [0.1, 0.15) is 43.4 Å². The Morgan fingerprint density at radius 2 is 2.12 bits per heavy atom. The molecule has 126 valence electrons. The molecular weight excluding hydrogens is 320 g/mol. The number of rotatable bonds is 1. The van der Waals surface area contributed by atoms with Gasteiger partial charge >= 0.3 is 0 Å². The summed E-state index contributed by atoms with van der Waals surface area (Å²) in [4.78, 5) is 22.4. The second-order valence-corrected chi connectivity index (χ2v) is 8.90. The van der Waals surface area contributed by atoms with Crippen LogP contribution in [0.2, 0.25) is 0 Å². The molecule has 0 aromatic carbocycles. The molecule has 1 aliphatic carbocycles. The normalized spacial score (nSPS) is 18.1. The Kier molecular flexibility index (Phi) is 3.46. The van der Waals surface area contributed by atoms with E-state index in [1.807, 2.05) is 19.1 Å². The van der Waals surface area contributed by atoms with Crippen LogP contribution in [0.5, 0.6) is 0 Å². The van der Waals surface area contributed by atoms with Gasteiger partial charge in [0.1, 0.15) is 10.6 Å². The van der Waals surface area contributed by atoms with E-state index in [-0.39, 0.29) is 5.56 Å². The Hall–Kier alpha value is -1.88. The molecule has 0 amide bonds. The first-order chi connectivity index (χ1) is 11.3. The van der Waals surface area contributed by atoms with Gasteiger partial charge in [-0.3, -0.25) is 4.79 Å². The zero-order valence-corrected chi connectivity index (χ0v) is 15.3. The predicted octanol–water partition coefficient (Wildman–Crippen LogP) is 4.70. The molecule has 1 aliphatic rings. The number of H-pyrrole nitrogens is 1. The average molecular weight is 342 g/mol. The Balaban J connectivity index is 1.82. The molecule has 3 aromatic rings. The van der Waals surface area contributed by atoms with Crippen LogP contribution in [-0.4, -0.2) is 9.97 Å². The molecule has 1 atom stereocenters. The van der Waals surface area contributed by atoms with E-state index in [9.17, 15) is 4.79 Å². The van der Waals surface area contributed by atoms with E-state index in [0.29, 0.717) is 22.9 Å². The Morgan fingerprint density at radius 3 is 2.79 bits per heavy atom. The number of fused-ring (bicyclic) bond motifs is 3. The molecule has 0 unspecified atom stereocenters. The number of aryl methyl sites for hydroxylation is 2. The van der Waals surface area contributed by atoms with Crippen LogP contribution in [0.15, 0.2) is 21.3 Å². The van der Waals surface area contributed by atoms with Crippen molar-refractivity contribution in [2.45, 2.75) is 47.0 Å². The van der Waals surface area contributed by atoms with Gasteiger partial charge in [-0.1, -0.05) is 20.8 Å². The van der Waals surface area contributed by atoms with Gasteiger partial charge in [-0.05, 0) is 55.2 Å². The standard InChI is InChI=1S/C19H22N2O2S/c1-10-5-8-13(23-10)16-20-17(22)15-12-7-6-11(19(2,3)4)9-14(12)24-18(15)21-16/h5,8,11H,6-7,9H2,1-4H3,(H,20,21,22)/t11-/m0/s1. The monoisotopic (exact) mass is 342 g/mol. The van der Waals surface area contributed by atoms with Crippen LogP contribution >= 0.6 is 11.3 Å². The van der Waals surface area contributed by atoms with Crippen molar-refractivity contribution in [3.8, 4) is 11.6 Å². The van der Waals surface area contributed by atoms with Crippen LogP contribution in [0.3, 0.4) is 0 Å². The van der Waals surface area contributed by atoms with Crippen LogP contribution < -0.4 is 5.56 Å². The summed E-state index contributed by atoms with van der Waals surface area (Å²) in [5.41, 5.74) is 1.46. The predicted molar refractivity (Wildman–Crippen MR) is 97.6 cm³/mol. The molecule has 3 heterocycles. The highest BCUT2D eigenvalue weighted by molar-refractivity contribution is 7.18. The highest BCUT2D eigenvalue weighted by atomic mass is 32.1. The quantitative estimate of drug-likeness (QED) is 0.697. The second kappa shape index (κ2) is 5.31. The lowest BCUT2D eigenvalue weighted by Crippen LogP contribution is -2.26. The molecule has 0 spiro atoms. The lowest BCUT2D eigenvalue weighted by molar-refractivity contribution is 0.218. The van der Waals surface area contributed by atoms with E-state index >= 15 is 0 Å². The number of aromatic amines is 1. The third-order valence-corrected chi connectivity index (χ3v) is 6.27. The average Bonchev–Trinajstić information content (AvgIpc) is 3.08. The van der Waals surface area contributed by atoms with Crippen molar-refractivity contribution in [1.29, 1.82) is 0 Å². The molecule has 0 radical (unpaired) electrons. The van der Waals surface area contributed by atoms with Crippen molar-refractivity contribution in [3.05, 3.63) is 38.7 Å². The van der Waals surface area contributed by atoms with Gasteiger partial charge in [0.25, 0.3) is 5.56 Å². The highest BCUT2D eigenvalue weighted by Crippen LogP contribution is 2.42. The molecule has 1 N–H and O–H groups in total. The number of furan rings is 1. The molecule has 24 heavy (non-hydrogen) atoms. The van der Waals surface area contributed by atoms with Gasteiger partial charge in [-0.2, -0.15) is 0 Å². The van der Waals surface area contributed by atoms with Crippen molar-refractivity contribution in [2.24, 2.45) is 11.3 Å². The van der Waals surface area contributed by atoms with E-state index in [1.165, 1.54) is 10.4 Å². The number of hydrogen-bond donors (Lipinski definition) is 1. The summed E-state index contributed by atoms with van der Waals surface area (Å²) < 4.78 is 5.61. The number of nitrogens with zero attached hydrogens (tertiary/aromatic N) is 1. The summed E-state index contributed by atoms with van der Waals surface area (Å²) >= 11 is 1.68. The van der Waals surface area contributed by atoms with Crippen molar-refractivity contribution >= 4 is 21.6 Å². The van der Waals surface area contributed by atoms with Crippen LogP contribution in [0.25, 0.3) is 21.8 Å². The van der Waals surface area contributed by atoms with Gasteiger partial charge in [-0.25, -0.2) is 4.98 Å². The minimum Gasteiger partial charge on any atom is -0.458 e. The molecule has 0 bridgehead atoms. The molecule has 0 aliphatic heterocycles. The first-order valence-electron chi connectivity index (χ1n) is 8.44. The van der Waals surface area contributed by atoms with E-state index in [0.717, 1.165) is 35.2 Å². The number of thiophene rings is 1. The fraction of sp³-hybridized carbons (Fsp3) is 0.474. The Bertz CT molecular complexity index is 972. The van der Waals surface area contributed by atoms with Crippen LogP contribution in [0.4, 0.5) is 0 Å². The van der Waals surface area contributed by atoms with E-state index in [1.54, 1.807) is 11.3 Å². The molecule has 0 saturated heterocycles. The maximum atomic E-state index is 12.7. The maximum Gasteiger partial charge on any atom is 0.260 e. The lowest BCUT2D eigenvalue weighted by atomic mass is 9.72. The van der Waals surface area contributed by atoms with Gasteiger partial charge in [-0.15, -0.1) is 11.3 Å². The smallest absolute Gasteiger partial charge is 0.260 e. The zero-order valence-electron chi connectivity index (χ0n) is 14.5. The summed E-state index contributed by atoms with van der Waals surface area (Å²) in [6.07, 6.45) is 3.16. The van der Waals surface area contributed by atoms with Gasteiger partial charge in [0.2, 0.25) is 0 Å². The number of aromatic nitrogens is 2. The van der Waals surface area contributed by atoms with Crippen molar-refractivity contribution < 1.29 is 4.42 Å². The minimum absolute atomic E-state index is 0.0456. The third-order valence-electron chi connectivity index (χ3n) is 5.12. The number of nitrogens with one attached hydrogen (secondary N) is 1. The molecule has 0 saturated carbocycles. The summed E-state index contributed by atoms with van der Waals surface area (Å²) in [7, 11) is 0. The van der Waals surface area contributed by atoms with Crippen molar-refractivity contribution in [2.75, 3.05) is 0 Å². The molecule has 0 fully saturated rings. The molecule has 4 nitrogen and oxygen atoms in total. The first kappa shape index (κ1) is 15.6. The highest BCUT2D eigenvalue weighted by Gasteiger charge is 2.31. The van der Waals surface area contributed by atoms with E-state index in [4.69, 9.17) is 4.42 Å². The topological polar surface area (TPSA) is 58.9 Å². The maximum absolute atomic E-state index is 12.7. The fourth-order valence-electron chi connectivity index (χ4n) is 3.60. The Morgan fingerprint density at radius 1 is 1.33 bits per heavy atom. The zero-order chi connectivity index (χ0) is 17.1. The fourth-order valence-corrected chi connectivity index (χ4v) is 4.90. The summed E-state index contributed by atoms with van der Waals surface area (Å²) in [6, 6.07) is 3.73. The van der Waals surface area contributed by atoms with Crippen molar-refractivity contribution in [3.63, 3.8) is 0 Å². The summed E-state index contributed by atoms with van der Waals surface area (Å²) in [5.74, 6) is 2.60. The Labute approximate surface area is 144 Å². The molecule has 4 rings (SSSR count). The van der Waals surface area contributed by atoms with Gasteiger partial charge in [0.05, 0.1) is 5.39 Å². The molecule has 3 aromatic heterocycles. The van der Waals surface area contributed by atoms with Gasteiger partial charge < -0.3 is 9.40 Å². The van der Waals surface area contributed by atoms with Crippen LogP contribution in [-0.2, 0) is 12.8 Å². The van der Waals surface area contributed by atoms with Gasteiger partial charge in [0.15, 0.2) is 11.6 Å². The van der Waals surface area contributed by atoms with E-state index < -0.39 is 0 Å². The van der Waals surface area contributed by atoms with Gasteiger partial charge in [0, 0.05) is 4.88 Å². The molecule has 5 heteroatoms. The largest absolute Gasteiger partial charge is 0.458 e. The first-order valence-corrected chi connectivity index (χ1v) is 9.26. The molecular formula is C19H22N2O2S. The number of hydrogen-bond acceptors (Lipinski definition) is 4. The summed E-state index contributed by atoms with van der Waals surface area (Å²) in [5, 5.41) is 0.786. The lowest BCUT2D eigenvalue weighted by Gasteiger charge is -2.33. The summed E-state index contributed by atoms with van der Waals surface area (Å²) in [6.45, 7) is 8.80. The SMILES string of the molecule is Cc1ccc(-c2nc3sc4c(c3c(=O)[nH]2)CC[C@H](C(C)(C)C)C4)o1. The van der Waals surface area contributed by atoms with E-state index in [2.05, 4.69) is 30.7 Å². The second-order valence-electron chi connectivity index (χ2n) is 7.81. The van der Waals surface area contributed by atoms with Crippen molar-refractivity contribution in [1.82, 2.24) is 9.97 Å². The van der Waals surface area contributed by atoms with Crippen LogP contribution in [0, 0.1) is 18.3 Å². The third kappa shape index (κ3) is 2.51.